The van der Waals surface area contributed by atoms with Crippen LogP contribution >= 0.6 is 0 Å². The molecule has 1 aliphatic heterocycles. The fourth-order valence-corrected chi connectivity index (χ4v) is 3.76. The molecule has 2 atom stereocenters. The molecule has 0 spiro atoms. The average molecular weight is 300 g/mol. The van der Waals surface area contributed by atoms with Crippen LogP contribution in [0.4, 0.5) is 4.79 Å². The maximum Gasteiger partial charge on any atom is 0.317 e. The van der Waals surface area contributed by atoms with E-state index in [-0.39, 0.29) is 12.1 Å². The zero-order chi connectivity index (χ0) is 15.5. The van der Waals surface area contributed by atoms with Crippen molar-refractivity contribution in [2.45, 2.75) is 58.4 Å². The number of urea groups is 1. The molecule has 0 radical (unpaired) electrons. The van der Waals surface area contributed by atoms with E-state index in [4.69, 9.17) is 0 Å². The molecule has 1 N–H and O–H groups in total. The number of benzene rings is 1. The molecule has 2 aliphatic rings. The Hall–Kier alpha value is -1.51. The zero-order valence-corrected chi connectivity index (χ0v) is 13.9. The summed E-state index contributed by atoms with van der Waals surface area (Å²) in [7, 11) is 0. The summed E-state index contributed by atoms with van der Waals surface area (Å²) in [5, 5.41) is 3.18. The Morgan fingerprint density at radius 2 is 2.00 bits per heavy atom. The molecule has 1 aromatic carbocycles. The summed E-state index contributed by atoms with van der Waals surface area (Å²) in [5.74, 6) is 0.624. The fraction of sp³-hybridized carbons (Fsp3) is 0.632. The van der Waals surface area contributed by atoms with Gasteiger partial charge in [0, 0.05) is 13.1 Å². The summed E-state index contributed by atoms with van der Waals surface area (Å²) < 4.78 is 0. The predicted molar refractivity (Wildman–Crippen MR) is 90.0 cm³/mol. The quantitative estimate of drug-likeness (QED) is 0.877. The fourth-order valence-electron chi connectivity index (χ4n) is 3.76. The molecular weight excluding hydrogens is 272 g/mol. The van der Waals surface area contributed by atoms with Crippen LogP contribution in [0.3, 0.4) is 0 Å². The third-order valence-electron chi connectivity index (χ3n) is 5.16. The molecule has 1 fully saturated rings. The zero-order valence-electron chi connectivity index (χ0n) is 13.9. The predicted octanol–water partition coefficient (Wildman–Crippen LogP) is 4.07. The van der Waals surface area contributed by atoms with E-state index in [1.165, 1.54) is 48.8 Å². The van der Waals surface area contributed by atoms with Gasteiger partial charge in [0.1, 0.15) is 0 Å². The Bertz CT molecular complexity index is 540. The minimum atomic E-state index is 0.0805. The van der Waals surface area contributed by atoms with Gasteiger partial charge in [-0.25, -0.2) is 4.79 Å². The van der Waals surface area contributed by atoms with Crippen LogP contribution in [-0.2, 0) is 12.8 Å². The van der Waals surface area contributed by atoms with E-state index in [2.05, 4.69) is 37.4 Å². The lowest BCUT2D eigenvalue weighted by atomic mass is 9.89. The van der Waals surface area contributed by atoms with Crippen molar-refractivity contribution in [2.75, 3.05) is 13.1 Å². The van der Waals surface area contributed by atoms with Gasteiger partial charge in [-0.2, -0.15) is 0 Å². The second kappa shape index (κ2) is 6.72. The van der Waals surface area contributed by atoms with Gasteiger partial charge in [0.05, 0.1) is 6.04 Å². The molecule has 120 valence electrons. The molecule has 1 aromatic rings. The summed E-state index contributed by atoms with van der Waals surface area (Å²) >= 11 is 0. The Labute approximate surface area is 134 Å². The van der Waals surface area contributed by atoms with Crippen LogP contribution < -0.4 is 5.32 Å². The SMILES string of the molecule is CC1CCCN(C(=O)NC(C)c2ccc3c(c2)CCCC3)C1. The molecule has 0 aromatic heterocycles. The first-order chi connectivity index (χ1) is 10.6. The Kier molecular flexibility index (Phi) is 4.70. The molecule has 3 nitrogen and oxygen atoms in total. The van der Waals surface area contributed by atoms with Gasteiger partial charge >= 0.3 is 6.03 Å². The van der Waals surface area contributed by atoms with E-state index in [0.29, 0.717) is 5.92 Å². The lowest BCUT2D eigenvalue weighted by Crippen LogP contribution is -2.45. The molecule has 1 aliphatic carbocycles. The first-order valence-electron chi connectivity index (χ1n) is 8.80. The Balaban J connectivity index is 1.63. The molecule has 2 unspecified atom stereocenters. The van der Waals surface area contributed by atoms with Gasteiger partial charge < -0.3 is 10.2 Å². The molecule has 3 rings (SSSR count). The maximum atomic E-state index is 12.4. The normalized spacial score (nSPS) is 22.8. The number of carbonyl (C=O) groups is 1. The number of aryl methyl sites for hydroxylation is 2. The molecule has 1 saturated heterocycles. The molecular formula is C19H28N2O. The molecule has 3 heteroatoms. The Morgan fingerprint density at radius 3 is 2.77 bits per heavy atom. The number of nitrogens with zero attached hydrogens (tertiary/aromatic N) is 1. The minimum absolute atomic E-state index is 0.0805. The molecule has 2 amide bonds. The van der Waals surface area contributed by atoms with Gasteiger partial charge in [0.25, 0.3) is 0 Å². The van der Waals surface area contributed by atoms with E-state index in [9.17, 15) is 4.79 Å². The number of likely N-dealkylation sites (tertiary alicyclic amines) is 1. The van der Waals surface area contributed by atoms with E-state index >= 15 is 0 Å². The van der Waals surface area contributed by atoms with Crippen molar-refractivity contribution in [2.24, 2.45) is 5.92 Å². The molecule has 0 bridgehead atoms. The minimum Gasteiger partial charge on any atom is -0.331 e. The van der Waals surface area contributed by atoms with Crippen LogP contribution in [0.25, 0.3) is 0 Å². The average Bonchev–Trinajstić information content (AvgIpc) is 2.54. The van der Waals surface area contributed by atoms with Gasteiger partial charge in [-0.1, -0.05) is 25.1 Å². The van der Waals surface area contributed by atoms with Crippen molar-refractivity contribution >= 4 is 6.03 Å². The lowest BCUT2D eigenvalue weighted by molar-refractivity contribution is 0.167. The molecule has 22 heavy (non-hydrogen) atoms. The van der Waals surface area contributed by atoms with Gasteiger partial charge in [-0.3, -0.25) is 0 Å². The van der Waals surface area contributed by atoms with Crippen LogP contribution in [0, 0.1) is 5.92 Å². The van der Waals surface area contributed by atoms with Crippen molar-refractivity contribution in [3.8, 4) is 0 Å². The first kappa shape index (κ1) is 15.4. The molecule has 1 heterocycles. The third-order valence-corrected chi connectivity index (χ3v) is 5.16. The maximum absolute atomic E-state index is 12.4. The standard InChI is InChI=1S/C19H28N2O/c1-14-6-5-11-21(13-14)19(22)20-15(2)17-10-9-16-7-3-4-8-18(16)12-17/h9-10,12,14-15H,3-8,11,13H2,1-2H3,(H,20,22). The number of carbonyl (C=O) groups excluding carboxylic acids is 1. The first-order valence-corrected chi connectivity index (χ1v) is 8.80. The van der Waals surface area contributed by atoms with E-state index < -0.39 is 0 Å². The highest BCUT2D eigenvalue weighted by Gasteiger charge is 2.22. The van der Waals surface area contributed by atoms with Gasteiger partial charge in [-0.15, -0.1) is 0 Å². The van der Waals surface area contributed by atoms with Crippen molar-refractivity contribution in [1.29, 1.82) is 0 Å². The number of rotatable bonds is 2. The van der Waals surface area contributed by atoms with Crippen molar-refractivity contribution in [3.63, 3.8) is 0 Å². The number of fused-ring (bicyclic) bond motifs is 1. The van der Waals surface area contributed by atoms with Crippen LogP contribution in [-0.4, -0.2) is 24.0 Å². The van der Waals surface area contributed by atoms with E-state index in [0.717, 1.165) is 19.5 Å². The highest BCUT2D eigenvalue weighted by molar-refractivity contribution is 5.74. The summed E-state index contributed by atoms with van der Waals surface area (Å²) in [6.45, 7) is 6.11. The van der Waals surface area contributed by atoms with E-state index in [1.807, 2.05) is 4.90 Å². The third kappa shape index (κ3) is 3.45. The highest BCUT2D eigenvalue weighted by Crippen LogP contribution is 2.25. The van der Waals surface area contributed by atoms with Crippen LogP contribution in [0.15, 0.2) is 18.2 Å². The second-order valence-electron chi connectivity index (χ2n) is 7.10. The smallest absolute Gasteiger partial charge is 0.317 e. The van der Waals surface area contributed by atoms with Crippen molar-refractivity contribution in [3.05, 3.63) is 34.9 Å². The Morgan fingerprint density at radius 1 is 1.23 bits per heavy atom. The topological polar surface area (TPSA) is 32.3 Å². The van der Waals surface area contributed by atoms with E-state index in [1.54, 1.807) is 0 Å². The number of hydrogen-bond donors (Lipinski definition) is 1. The van der Waals surface area contributed by atoms with Gasteiger partial charge in [-0.05, 0) is 68.1 Å². The van der Waals surface area contributed by atoms with Crippen LogP contribution in [0.5, 0.6) is 0 Å². The number of nitrogens with one attached hydrogen (secondary N) is 1. The largest absolute Gasteiger partial charge is 0.331 e. The molecule has 0 saturated carbocycles. The summed E-state index contributed by atoms with van der Waals surface area (Å²) in [5.41, 5.74) is 4.22. The number of hydrogen-bond acceptors (Lipinski definition) is 1. The van der Waals surface area contributed by atoms with Crippen LogP contribution in [0.2, 0.25) is 0 Å². The monoisotopic (exact) mass is 300 g/mol. The number of amides is 2. The summed E-state index contributed by atoms with van der Waals surface area (Å²) in [6.07, 6.45) is 7.37. The lowest BCUT2D eigenvalue weighted by Gasteiger charge is -2.32. The van der Waals surface area contributed by atoms with Crippen molar-refractivity contribution in [1.82, 2.24) is 10.2 Å². The van der Waals surface area contributed by atoms with Crippen molar-refractivity contribution < 1.29 is 4.79 Å². The summed E-state index contributed by atoms with van der Waals surface area (Å²) in [4.78, 5) is 14.4. The second-order valence-corrected chi connectivity index (χ2v) is 7.10. The van der Waals surface area contributed by atoms with Gasteiger partial charge in [0.15, 0.2) is 0 Å². The number of piperidine rings is 1. The van der Waals surface area contributed by atoms with Crippen LogP contribution in [0.1, 0.15) is 62.3 Å². The van der Waals surface area contributed by atoms with Gasteiger partial charge in [0.2, 0.25) is 0 Å². The summed E-state index contributed by atoms with van der Waals surface area (Å²) in [6, 6.07) is 6.93. The highest BCUT2D eigenvalue weighted by atomic mass is 16.2.